The summed E-state index contributed by atoms with van der Waals surface area (Å²) in [7, 11) is 0. The second-order valence-corrected chi connectivity index (χ2v) is 7.37. The molecule has 10 nitrogen and oxygen atoms in total. The number of hydrogen-bond donors (Lipinski definition) is 3. The van der Waals surface area contributed by atoms with Crippen LogP contribution in [0, 0.1) is 22.0 Å². The molecule has 148 valence electrons. The van der Waals surface area contributed by atoms with Crippen molar-refractivity contribution in [2.24, 2.45) is 17.6 Å². The number of hydrogen-bond acceptors (Lipinski definition) is 8. The Kier molecular flexibility index (Phi) is 6.04. The molecule has 0 unspecified atom stereocenters. The molecule has 0 aromatic carbocycles. The Balaban J connectivity index is 1.70. The quantitative estimate of drug-likeness (QED) is 0.500. The third kappa shape index (κ3) is 4.82. The lowest BCUT2D eigenvalue weighted by molar-refractivity contribution is -0.384. The lowest BCUT2D eigenvalue weighted by Crippen LogP contribution is -2.36. The van der Waals surface area contributed by atoms with Crippen molar-refractivity contribution in [2.75, 3.05) is 23.8 Å². The van der Waals surface area contributed by atoms with Gasteiger partial charge in [-0.3, -0.25) is 14.9 Å². The van der Waals surface area contributed by atoms with Crippen molar-refractivity contribution >= 4 is 23.4 Å². The highest BCUT2D eigenvalue weighted by Crippen LogP contribution is 2.30. The first kappa shape index (κ1) is 19.3. The first-order chi connectivity index (χ1) is 12.9. The maximum atomic E-state index is 11.3. The fraction of sp³-hybridized carbons (Fsp3) is 0.706. The Morgan fingerprint density at radius 2 is 2.04 bits per heavy atom. The smallest absolute Gasteiger partial charge is 0.329 e. The molecular weight excluding hydrogens is 352 g/mol. The molecular formula is C17H26N6O4. The van der Waals surface area contributed by atoms with Crippen LogP contribution in [0.25, 0.3) is 0 Å². The molecule has 1 saturated carbocycles. The van der Waals surface area contributed by atoms with Crippen molar-refractivity contribution < 1.29 is 14.5 Å². The van der Waals surface area contributed by atoms with E-state index >= 15 is 0 Å². The third-order valence-electron chi connectivity index (χ3n) is 5.39. The van der Waals surface area contributed by atoms with E-state index in [4.69, 9.17) is 10.5 Å². The fourth-order valence-electron chi connectivity index (χ4n) is 3.66. The number of nitro groups is 1. The van der Waals surface area contributed by atoms with Gasteiger partial charge in [0.05, 0.1) is 11.5 Å². The fourth-order valence-corrected chi connectivity index (χ4v) is 3.66. The SMILES string of the molecule is C[C@@H]1COCC[C@H]1Nc1ncc([N+](=O)[O-])c(N[C@H]2CC[C@H](C(N)=O)CC2)n1. The molecule has 4 N–H and O–H groups in total. The molecule has 1 amide bonds. The molecule has 10 heteroatoms. The number of anilines is 2. The van der Waals surface area contributed by atoms with Crippen LogP contribution < -0.4 is 16.4 Å². The zero-order valence-corrected chi connectivity index (χ0v) is 15.4. The van der Waals surface area contributed by atoms with Crippen molar-refractivity contribution in [3.05, 3.63) is 16.3 Å². The molecule has 2 fully saturated rings. The summed E-state index contributed by atoms with van der Waals surface area (Å²) in [5, 5.41) is 17.8. The summed E-state index contributed by atoms with van der Waals surface area (Å²) in [5.41, 5.74) is 5.21. The van der Waals surface area contributed by atoms with Crippen LogP contribution in [0.15, 0.2) is 6.20 Å². The molecule has 0 bridgehead atoms. The molecule has 1 aromatic rings. The number of nitrogens with one attached hydrogen (secondary N) is 2. The molecule has 1 aromatic heterocycles. The molecule has 2 atom stereocenters. The predicted octanol–water partition coefficient (Wildman–Crippen LogP) is 1.68. The number of nitrogens with two attached hydrogens (primary N) is 1. The van der Waals surface area contributed by atoms with Crippen molar-refractivity contribution in [3.8, 4) is 0 Å². The van der Waals surface area contributed by atoms with Gasteiger partial charge >= 0.3 is 5.69 Å². The van der Waals surface area contributed by atoms with Gasteiger partial charge in [-0.25, -0.2) is 4.98 Å². The van der Waals surface area contributed by atoms with E-state index in [9.17, 15) is 14.9 Å². The summed E-state index contributed by atoms with van der Waals surface area (Å²) >= 11 is 0. The Morgan fingerprint density at radius 3 is 2.67 bits per heavy atom. The van der Waals surface area contributed by atoms with Crippen LogP contribution in [0.5, 0.6) is 0 Å². The summed E-state index contributed by atoms with van der Waals surface area (Å²) in [6, 6.07) is 0.183. The Hall–Kier alpha value is -2.49. The largest absolute Gasteiger partial charge is 0.381 e. The number of aromatic nitrogens is 2. The van der Waals surface area contributed by atoms with E-state index in [2.05, 4.69) is 27.5 Å². The highest BCUT2D eigenvalue weighted by atomic mass is 16.6. The number of nitrogens with zero attached hydrogens (tertiary/aromatic N) is 3. The predicted molar refractivity (Wildman–Crippen MR) is 99.3 cm³/mol. The van der Waals surface area contributed by atoms with Crippen LogP contribution in [0.2, 0.25) is 0 Å². The van der Waals surface area contributed by atoms with Gasteiger partial charge in [-0.15, -0.1) is 0 Å². The van der Waals surface area contributed by atoms with Gasteiger partial charge in [-0.1, -0.05) is 6.92 Å². The Morgan fingerprint density at radius 1 is 1.30 bits per heavy atom. The Bertz CT molecular complexity index is 692. The van der Waals surface area contributed by atoms with E-state index in [1.54, 1.807) is 0 Å². The van der Waals surface area contributed by atoms with E-state index in [1.165, 1.54) is 6.20 Å². The van der Waals surface area contributed by atoms with E-state index < -0.39 is 4.92 Å². The van der Waals surface area contributed by atoms with E-state index in [1.807, 2.05) is 0 Å². The first-order valence-electron chi connectivity index (χ1n) is 9.35. The van der Waals surface area contributed by atoms with Gasteiger partial charge in [0.2, 0.25) is 17.7 Å². The molecule has 0 radical (unpaired) electrons. The van der Waals surface area contributed by atoms with Gasteiger partial charge < -0.3 is 21.1 Å². The minimum absolute atomic E-state index is 0.0176. The minimum atomic E-state index is -0.488. The van der Waals surface area contributed by atoms with E-state index in [0.717, 1.165) is 6.42 Å². The third-order valence-corrected chi connectivity index (χ3v) is 5.39. The van der Waals surface area contributed by atoms with Crippen LogP contribution in [0.4, 0.5) is 17.5 Å². The van der Waals surface area contributed by atoms with Crippen molar-refractivity contribution in [3.63, 3.8) is 0 Å². The van der Waals surface area contributed by atoms with Gasteiger partial charge in [0.25, 0.3) is 0 Å². The first-order valence-corrected chi connectivity index (χ1v) is 9.35. The molecule has 2 aliphatic rings. The van der Waals surface area contributed by atoms with E-state index in [-0.39, 0.29) is 35.4 Å². The van der Waals surface area contributed by atoms with Crippen molar-refractivity contribution in [1.82, 2.24) is 9.97 Å². The number of carbonyl (C=O) groups is 1. The van der Waals surface area contributed by atoms with Gasteiger partial charge in [0.1, 0.15) is 6.20 Å². The normalized spacial score (nSPS) is 28.3. The molecule has 3 rings (SSSR count). The lowest BCUT2D eigenvalue weighted by atomic mass is 9.85. The average molecular weight is 378 g/mol. The van der Waals surface area contributed by atoms with Crippen molar-refractivity contribution in [2.45, 2.75) is 51.1 Å². The summed E-state index contributed by atoms with van der Waals surface area (Å²) in [4.78, 5) is 30.6. The molecule has 27 heavy (non-hydrogen) atoms. The Labute approximate surface area is 157 Å². The monoisotopic (exact) mass is 378 g/mol. The van der Waals surface area contributed by atoms with Crippen LogP contribution in [0.3, 0.4) is 0 Å². The van der Waals surface area contributed by atoms with Gasteiger partial charge in [-0.05, 0) is 38.0 Å². The van der Waals surface area contributed by atoms with Gasteiger partial charge in [0, 0.05) is 24.6 Å². The van der Waals surface area contributed by atoms with Crippen molar-refractivity contribution in [1.29, 1.82) is 0 Å². The maximum absolute atomic E-state index is 11.3. The second-order valence-electron chi connectivity index (χ2n) is 7.37. The highest BCUT2D eigenvalue weighted by molar-refractivity contribution is 5.76. The zero-order valence-electron chi connectivity index (χ0n) is 15.4. The number of primary amides is 1. The summed E-state index contributed by atoms with van der Waals surface area (Å²) in [6.07, 6.45) is 4.86. The van der Waals surface area contributed by atoms with E-state index in [0.29, 0.717) is 50.8 Å². The minimum Gasteiger partial charge on any atom is -0.381 e. The molecule has 1 aliphatic heterocycles. The maximum Gasteiger partial charge on any atom is 0.329 e. The van der Waals surface area contributed by atoms with Crippen LogP contribution in [0.1, 0.15) is 39.0 Å². The standard InChI is InChI=1S/C17H26N6O4/c1-10-9-27-7-6-13(10)21-17-19-8-14(23(25)26)16(22-17)20-12-4-2-11(3-5-12)15(18)24/h8,10-13H,2-7,9H2,1H3,(H2,18,24)(H2,19,20,21,22)/t10-,11-,12-,13-/m1/s1. The molecule has 1 saturated heterocycles. The zero-order chi connectivity index (χ0) is 19.4. The number of carbonyl (C=O) groups excluding carboxylic acids is 1. The number of rotatable bonds is 6. The topological polar surface area (TPSA) is 145 Å². The lowest BCUT2D eigenvalue weighted by Gasteiger charge is -2.30. The number of ether oxygens (including phenoxy) is 1. The highest BCUT2D eigenvalue weighted by Gasteiger charge is 2.28. The second kappa shape index (κ2) is 8.47. The summed E-state index contributed by atoms with van der Waals surface area (Å²) in [6.45, 7) is 3.42. The van der Waals surface area contributed by atoms with Gasteiger partial charge in [-0.2, -0.15) is 4.98 Å². The number of amides is 1. The molecule has 1 aliphatic carbocycles. The van der Waals surface area contributed by atoms with Crippen LogP contribution in [-0.4, -0.2) is 46.1 Å². The summed E-state index contributed by atoms with van der Waals surface area (Å²) in [5.74, 6) is 0.486. The molecule has 2 heterocycles. The van der Waals surface area contributed by atoms with Crippen LogP contribution in [-0.2, 0) is 9.53 Å². The van der Waals surface area contributed by atoms with Gasteiger partial charge in [0.15, 0.2) is 0 Å². The molecule has 0 spiro atoms. The van der Waals surface area contributed by atoms with Crippen LogP contribution >= 0.6 is 0 Å². The summed E-state index contributed by atoms with van der Waals surface area (Å²) < 4.78 is 5.43. The average Bonchev–Trinajstić information content (AvgIpc) is 2.64.